The van der Waals surface area contributed by atoms with Crippen molar-refractivity contribution in [2.75, 3.05) is 22.7 Å². The number of nitrogens with one attached hydrogen (secondary N) is 3. The monoisotopic (exact) mass is 372 g/mol. The van der Waals surface area contributed by atoms with Gasteiger partial charge in [0.25, 0.3) is 10.0 Å². The zero-order chi connectivity index (χ0) is 18.1. The highest BCUT2D eigenvalue weighted by Gasteiger charge is 2.16. The van der Waals surface area contributed by atoms with Crippen LogP contribution in [0.3, 0.4) is 0 Å². The van der Waals surface area contributed by atoms with Gasteiger partial charge < -0.3 is 14.9 Å². The molecule has 4 rings (SSSR count). The molecule has 136 valence electrons. The molecule has 2 heterocycles. The summed E-state index contributed by atoms with van der Waals surface area (Å²) in [6.07, 6.45) is 3.65. The molecule has 0 aliphatic carbocycles. The molecule has 2 aromatic carbocycles. The molecule has 1 saturated heterocycles. The number of anilines is 2. The Bertz CT molecular complexity index is 1080. The summed E-state index contributed by atoms with van der Waals surface area (Å²) in [4.78, 5) is 18.9. The topological polar surface area (TPSA) is 98.1 Å². The lowest BCUT2D eigenvalue weighted by Gasteiger charge is -2.28. The van der Waals surface area contributed by atoms with Crippen LogP contribution < -0.4 is 15.3 Å². The smallest absolute Gasteiger partial charge is 0.323 e. The van der Waals surface area contributed by atoms with Crippen molar-refractivity contribution in [1.82, 2.24) is 9.97 Å². The average Bonchev–Trinajstić information content (AvgIpc) is 3.02. The Labute approximate surface area is 151 Å². The first kappa shape index (κ1) is 16.7. The van der Waals surface area contributed by atoms with Crippen LogP contribution in [0, 0.1) is 0 Å². The summed E-state index contributed by atoms with van der Waals surface area (Å²) in [5, 5.41) is 0. The Hall–Kier alpha value is -2.74. The predicted octanol–water partition coefficient (Wildman–Crippen LogP) is 2.65. The molecule has 0 bridgehead atoms. The fourth-order valence-electron chi connectivity index (χ4n) is 3.29. The number of H-pyrrole nitrogens is 2. The van der Waals surface area contributed by atoms with E-state index in [9.17, 15) is 13.2 Å². The van der Waals surface area contributed by atoms with E-state index in [0.717, 1.165) is 18.8 Å². The maximum Gasteiger partial charge on any atom is 0.323 e. The van der Waals surface area contributed by atoms with Gasteiger partial charge in [-0.15, -0.1) is 0 Å². The lowest BCUT2D eigenvalue weighted by atomic mass is 10.1. The van der Waals surface area contributed by atoms with E-state index in [-0.39, 0.29) is 10.6 Å². The number of sulfonamides is 1. The molecular formula is C18H20N4O3S. The summed E-state index contributed by atoms with van der Waals surface area (Å²) in [6.45, 7) is 2.08. The van der Waals surface area contributed by atoms with Crippen LogP contribution in [0.1, 0.15) is 19.3 Å². The molecule has 0 spiro atoms. The number of hydrogen-bond donors (Lipinski definition) is 3. The van der Waals surface area contributed by atoms with E-state index >= 15 is 0 Å². The lowest BCUT2D eigenvalue weighted by molar-refractivity contribution is 0.578. The van der Waals surface area contributed by atoms with Crippen molar-refractivity contribution in [3.8, 4) is 0 Å². The van der Waals surface area contributed by atoms with Crippen LogP contribution in [0.4, 0.5) is 11.4 Å². The largest absolute Gasteiger partial charge is 0.372 e. The van der Waals surface area contributed by atoms with E-state index in [1.54, 1.807) is 18.2 Å². The second-order valence-corrected chi connectivity index (χ2v) is 8.17. The molecule has 3 N–H and O–H groups in total. The van der Waals surface area contributed by atoms with Gasteiger partial charge in [0, 0.05) is 24.5 Å². The van der Waals surface area contributed by atoms with Gasteiger partial charge >= 0.3 is 5.69 Å². The third kappa shape index (κ3) is 3.32. The quantitative estimate of drug-likeness (QED) is 0.656. The van der Waals surface area contributed by atoms with Gasteiger partial charge in [-0.2, -0.15) is 0 Å². The Morgan fingerprint density at radius 3 is 2.31 bits per heavy atom. The highest BCUT2D eigenvalue weighted by molar-refractivity contribution is 7.92. The summed E-state index contributed by atoms with van der Waals surface area (Å²) < 4.78 is 27.8. The number of benzene rings is 2. The van der Waals surface area contributed by atoms with Crippen molar-refractivity contribution < 1.29 is 8.42 Å². The van der Waals surface area contributed by atoms with Gasteiger partial charge in [-0.1, -0.05) is 0 Å². The number of nitrogens with zero attached hydrogens (tertiary/aromatic N) is 1. The molecule has 0 amide bonds. The van der Waals surface area contributed by atoms with Crippen LogP contribution in [0.5, 0.6) is 0 Å². The highest BCUT2D eigenvalue weighted by Crippen LogP contribution is 2.24. The Balaban J connectivity index is 1.55. The minimum atomic E-state index is -3.73. The Morgan fingerprint density at radius 1 is 0.885 bits per heavy atom. The lowest BCUT2D eigenvalue weighted by Crippen LogP contribution is -2.29. The molecule has 1 fully saturated rings. The Morgan fingerprint density at radius 2 is 1.58 bits per heavy atom. The van der Waals surface area contributed by atoms with Crippen molar-refractivity contribution in [2.24, 2.45) is 0 Å². The third-order valence-electron chi connectivity index (χ3n) is 4.64. The summed E-state index contributed by atoms with van der Waals surface area (Å²) in [5.41, 5.74) is 2.28. The Kier molecular flexibility index (Phi) is 4.20. The highest BCUT2D eigenvalue weighted by atomic mass is 32.2. The van der Waals surface area contributed by atoms with Gasteiger partial charge in [0.15, 0.2) is 0 Å². The van der Waals surface area contributed by atoms with Crippen molar-refractivity contribution >= 4 is 32.4 Å². The number of aromatic amines is 2. The summed E-state index contributed by atoms with van der Waals surface area (Å²) in [5.74, 6) is 0. The second-order valence-electron chi connectivity index (χ2n) is 6.49. The van der Waals surface area contributed by atoms with Crippen molar-refractivity contribution in [2.45, 2.75) is 24.2 Å². The number of imidazole rings is 1. The van der Waals surface area contributed by atoms with Crippen LogP contribution in [0.25, 0.3) is 11.0 Å². The first-order valence-electron chi connectivity index (χ1n) is 8.61. The average molecular weight is 372 g/mol. The molecule has 8 heteroatoms. The number of piperidine rings is 1. The number of rotatable bonds is 4. The fourth-order valence-corrected chi connectivity index (χ4v) is 4.37. The molecular weight excluding hydrogens is 352 g/mol. The van der Waals surface area contributed by atoms with Crippen LogP contribution in [-0.4, -0.2) is 31.5 Å². The van der Waals surface area contributed by atoms with Crippen molar-refractivity contribution in [1.29, 1.82) is 0 Å². The SMILES string of the molecule is O=c1[nH]c2ccc(S(=O)(=O)Nc3ccc(N4CCCCC4)cc3)cc2[nH]1. The second kappa shape index (κ2) is 6.53. The van der Waals surface area contributed by atoms with Gasteiger partial charge in [0.2, 0.25) is 0 Å². The van der Waals surface area contributed by atoms with Crippen molar-refractivity contribution in [3.05, 3.63) is 52.9 Å². The molecule has 26 heavy (non-hydrogen) atoms. The van der Waals surface area contributed by atoms with E-state index in [2.05, 4.69) is 19.6 Å². The minimum absolute atomic E-state index is 0.0976. The molecule has 1 aliphatic heterocycles. The van der Waals surface area contributed by atoms with E-state index in [4.69, 9.17) is 0 Å². The first-order chi connectivity index (χ1) is 12.5. The summed E-state index contributed by atoms with van der Waals surface area (Å²) in [7, 11) is -3.73. The van der Waals surface area contributed by atoms with Gasteiger partial charge in [-0.25, -0.2) is 13.2 Å². The van der Waals surface area contributed by atoms with Gasteiger partial charge in [-0.3, -0.25) is 4.72 Å². The molecule has 0 unspecified atom stereocenters. The van der Waals surface area contributed by atoms with Crippen LogP contribution in [-0.2, 0) is 10.0 Å². The standard InChI is InChI=1S/C18H20N4O3S/c23-18-19-16-9-8-15(12-17(16)20-18)26(24,25)21-13-4-6-14(7-5-13)22-10-2-1-3-11-22/h4-9,12,21H,1-3,10-11H2,(H2,19,20,23). The molecule has 1 aromatic heterocycles. The molecule has 0 saturated carbocycles. The van der Waals surface area contributed by atoms with Gasteiger partial charge in [0.1, 0.15) is 0 Å². The first-order valence-corrected chi connectivity index (χ1v) is 10.1. The zero-order valence-electron chi connectivity index (χ0n) is 14.2. The summed E-state index contributed by atoms with van der Waals surface area (Å²) in [6, 6.07) is 11.9. The van der Waals surface area contributed by atoms with Crippen LogP contribution in [0.15, 0.2) is 52.2 Å². The van der Waals surface area contributed by atoms with Gasteiger partial charge in [-0.05, 0) is 61.7 Å². The zero-order valence-corrected chi connectivity index (χ0v) is 15.0. The fraction of sp³-hybridized carbons (Fsp3) is 0.278. The molecule has 0 atom stereocenters. The molecule has 3 aromatic rings. The molecule has 1 aliphatic rings. The number of aromatic nitrogens is 2. The van der Waals surface area contributed by atoms with Crippen LogP contribution in [0.2, 0.25) is 0 Å². The number of fused-ring (bicyclic) bond motifs is 1. The van der Waals surface area contributed by atoms with Crippen molar-refractivity contribution in [3.63, 3.8) is 0 Å². The van der Waals surface area contributed by atoms with E-state index in [1.165, 1.54) is 31.4 Å². The van der Waals surface area contributed by atoms with E-state index in [0.29, 0.717) is 16.7 Å². The predicted molar refractivity (Wildman–Crippen MR) is 102 cm³/mol. The molecule has 7 nitrogen and oxygen atoms in total. The van der Waals surface area contributed by atoms with E-state index < -0.39 is 10.0 Å². The van der Waals surface area contributed by atoms with Crippen LogP contribution >= 0.6 is 0 Å². The maximum absolute atomic E-state index is 12.6. The third-order valence-corrected chi connectivity index (χ3v) is 6.02. The van der Waals surface area contributed by atoms with E-state index in [1.807, 2.05) is 12.1 Å². The number of hydrogen-bond acceptors (Lipinski definition) is 4. The maximum atomic E-state index is 12.6. The van der Waals surface area contributed by atoms with Gasteiger partial charge in [0.05, 0.1) is 15.9 Å². The molecule has 0 radical (unpaired) electrons. The summed E-state index contributed by atoms with van der Waals surface area (Å²) >= 11 is 0. The minimum Gasteiger partial charge on any atom is -0.372 e. The normalized spacial score (nSPS) is 15.3.